The summed E-state index contributed by atoms with van der Waals surface area (Å²) in [5.41, 5.74) is 5.21. The SMILES string of the molecule is COc1ccc(-n2cccc2C2C(c3ccccn3)NC(=S)N2c2ccc(Oc3ccc(C)cc3)cc2)cc1. The molecule has 2 unspecified atom stereocenters. The van der Waals surface area contributed by atoms with Crippen LogP contribution in [-0.2, 0) is 0 Å². The number of ether oxygens (including phenoxy) is 2. The third-order valence-corrected chi connectivity index (χ3v) is 7.22. The molecule has 7 heteroatoms. The number of hydrogen-bond donors (Lipinski definition) is 1. The zero-order valence-electron chi connectivity index (χ0n) is 21.7. The lowest BCUT2D eigenvalue weighted by Crippen LogP contribution is -2.30. The van der Waals surface area contributed by atoms with Crippen molar-refractivity contribution in [3.63, 3.8) is 0 Å². The highest BCUT2D eigenvalue weighted by molar-refractivity contribution is 7.80. The number of hydrogen-bond acceptors (Lipinski definition) is 4. The zero-order chi connectivity index (χ0) is 26.8. The van der Waals surface area contributed by atoms with Crippen LogP contribution in [0.5, 0.6) is 17.2 Å². The van der Waals surface area contributed by atoms with Gasteiger partial charge in [0.25, 0.3) is 0 Å². The molecule has 1 fully saturated rings. The maximum Gasteiger partial charge on any atom is 0.174 e. The molecule has 0 bridgehead atoms. The molecule has 39 heavy (non-hydrogen) atoms. The smallest absolute Gasteiger partial charge is 0.174 e. The Balaban J connectivity index is 1.38. The summed E-state index contributed by atoms with van der Waals surface area (Å²) in [6, 6.07) is 34.0. The minimum Gasteiger partial charge on any atom is -0.497 e. The number of methoxy groups -OCH3 is 1. The summed E-state index contributed by atoms with van der Waals surface area (Å²) in [6.45, 7) is 2.06. The third kappa shape index (κ3) is 4.96. The van der Waals surface area contributed by atoms with E-state index in [1.54, 1.807) is 7.11 Å². The van der Waals surface area contributed by atoms with Crippen LogP contribution in [0.3, 0.4) is 0 Å². The first-order valence-electron chi connectivity index (χ1n) is 12.8. The van der Waals surface area contributed by atoms with E-state index in [2.05, 4.69) is 57.2 Å². The monoisotopic (exact) mass is 532 g/mol. The first-order valence-corrected chi connectivity index (χ1v) is 13.2. The third-order valence-electron chi connectivity index (χ3n) is 6.90. The van der Waals surface area contributed by atoms with Crippen molar-refractivity contribution in [2.75, 3.05) is 12.0 Å². The van der Waals surface area contributed by atoms with E-state index in [4.69, 9.17) is 21.7 Å². The zero-order valence-corrected chi connectivity index (χ0v) is 22.5. The van der Waals surface area contributed by atoms with Gasteiger partial charge >= 0.3 is 0 Å². The molecule has 3 aromatic carbocycles. The molecule has 6 nitrogen and oxygen atoms in total. The molecule has 194 valence electrons. The number of rotatable bonds is 7. The van der Waals surface area contributed by atoms with Crippen LogP contribution in [0.2, 0.25) is 0 Å². The number of pyridine rings is 1. The lowest BCUT2D eigenvalue weighted by Gasteiger charge is -2.29. The van der Waals surface area contributed by atoms with E-state index >= 15 is 0 Å². The maximum atomic E-state index is 6.07. The van der Waals surface area contributed by atoms with Gasteiger partial charge in [-0.15, -0.1) is 0 Å². The van der Waals surface area contributed by atoms with Crippen molar-refractivity contribution in [1.29, 1.82) is 0 Å². The average Bonchev–Trinajstić information content (AvgIpc) is 3.59. The minimum atomic E-state index is -0.145. The molecule has 3 heterocycles. The van der Waals surface area contributed by atoms with Gasteiger partial charge in [0.15, 0.2) is 5.11 Å². The van der Waals surface area contributed by atoms with Gasteiger partial charge < -0.3 is 24.3 Å². The van der Waals surface area contributed by atoms with Crippen LogP contribution < -0.4 is 19.7 Å². The summed E-state index contributed by atoms with van der Waals surface area (Å²) >= 11 is 5.92. The van der Waals surface area contributed by atoms with Gasteiger partial charge in [0.05, 0.1) is 18.8 Å². The fourth-order valence-corrected chi connectivity index (χ4v) is 5.31. The molecule has 1 aliphatic heterocycles. The first-order chi connectivity index (χ1) is 19.1. The van der Waals surface area contributed by atoms with Crippen molar-refractivity contribution in [2.45, 2.75) is 19.0 Å². The normalized spacial score (nSPS) is 16.7. The summed E-state index contributed by atoms with van der Waals surface area (Å²) in [5, 5.41) is 4.19. The molecule has 1 aliphatic rings. The van der Waals surface area contributed by atoms with Gasteiger partial charge in [-0.3, -0.25) is 4.98 Å². The van der Waals surface area contributed by atoms with Crippen LogP contribution in [0.1, 0.15) is 29.0 Å². The fourth-order valence-electron chi connectivity index (χ4n) is 4.96. The van der Waals surface area contributed by atoms with Gasteiger partial charge in [-0.1, -0.05) is 23.8 Å². The summed E-state index contributed by atoms with van der Waals surface area (Å²) in [5.74, 6) is 2.38. The predicted octanol–water partition coefficient (Wildman–Crippen LogP) is 7.16. The highest BCUT2D eigenvalue weighted by Crippen LogP contribution is 2.42. The van der Waals surface area contributed by atoms with E-state index in [0.29, 0.717) is 5.11 Å². The minimum absolute atomic E-state index is 0.144. The van der Waals surface area contributed by atoms with Crippen LogP contribution in [-0.4, -0.2) is 21.8 Å². The average molecular weight is 533 g/mol. The standard InChI is InChI=1S/C32H28N4O2S/c1-22-8-14-26(15-9-22)38-27-18-12-24(13-19-27)36-31(30(34-32(36)39)28-6-3-4-20-33-28)29-7-5-21-35(29)23-10-16-25(37-2)17-11-23/h3-21,30-31H,1-2H3,(H,34,39). The second-order valence-corrected chi connectivity index (χ2v) is 9.79. The van der Waals surface area contributed by atoms with Crippen LogP contribution in [0.25, 0.3) is 5.69 Å². The lowest BCUT2D eigenvalue weighted by molar-refractivity contribution is 0.414. The largest absolute Gasteiger partial charge is 0.497 e. The van der Waals surface area contributed by atoms with Gasteiger partial charge in [0, 0.05) is 29.5 Å². The molecule has 5 aromatic rings. The summed E-state index contributed by atoms with van der Waals surface area (Å²) in [7, 11) is 1.67. The quantitative estimate of drug-likeness (QED) is 0.225. The van der Waals surface area contributed by atoms with E-state index < -0.39 is 0 Å². The highest BCUT2D eigenvalue weighted by Gasteiger charge is 2.42. The van der Waals surface area contributed by atoms with Crippen LogP contribution in [0.15, 0.2) is 116 Å². The Hall–Kier alpha value is -4.62. The second kappa shape index (κ2) is 10.6. The first kappa shape index (κ1) is 24.7. The van der Waals surface area contributed by atoms with Gasteiger partial charge in [0.2, 0.25) is 0 Å². The van der Waals surface area contributed by atoms with Gasteiger partial charge in [0.1, 0.15) is 23.3 Å². The number of nitrogens with zero attached hydrogens (tertiary/aromatic N) is 3. The molecule has 1 N–H and O–H groups in total. The van der Waals surface area contributed by atoms with E-state index in [0.717, 1.165) is 40.0 Å². The molecule has 6 rings (SSSR count). The van der Waals surface area contributed by atoms with Crippen molar-refractivity contribution in [3.8, 4) is 22.9 Å². The molecular weight excluding hydrogens is 504 g/mol. The van der Waals surface area contributed by atoms with Crippen molar-refractivity contribution >= 4 is 23.0 Å². The highest BCUT2D eigenvalue weighted by atomic mass is 32.1. The Labute approximate surface area is 233 Å². The van der Waals surface area contributed by atoms with E-state index in [-0.39, 0.29) is 12.1 Å². The van der Waals surface area contributed by atoms with Gasteiger partial charge in [-0.2, -0.15) is 0 Å². The van der Waals surface area contributed by atoms with Crippen LogP contribution >= 0.6 is 12.2 Å². The van der Waals surface area contributed by atoms with Crippen LogP contribution in [0.4, 0.5) is 5.69 Å². The van der Waals surface area contributed by atoms with Crippen molar-refractivity contribution in [1.82, 2.24) is 14.9 Å². The van der Waals surface area contributed by atoms with Gasteiger partial charge in [-0.25, -0.2) is 0 Å². The molecule has 0 saturated carbocycles. The topological polar surface area (TPSA) is 51.5 Å². The Bertz CT molecular complexity index is 1570. The van der Waals surface area contributed by atoms with Crippen molar-refractivity contribution in [3.05, 3.63) is 132 Å². The fraction of sp³-hybridized carbons (Fsp3) is 0.125. The van der Waals surface area contributed by atoms with Crippen molar-refractivity contribution in [2.24, 2.45) is 0 Å². The van der Waals surface area contributed by atoms with E-state index in [9.17, 15) is 0 Å². The maximum absolute atomic E-state index is 6.07. The predicted molar refractivity (Wildman–Crippen MR) is 158 cm³/mol. The van der Waals surface area contributed by atoms with E-state index in [1.165, 1.54) is 5.56 Å². The number of aryl methyl sites for hydroxylation is 1. The number of thiocarbonyl (C=S) groups is 1. The number of aromatic nitrogens is 2. The number of anilines is 1. The Kier molecular flexibility index (Phi) is 6.73. The summed E-state index contributed by atoms with van der Waals surface area (Å²) < 4.78 is 13.6. The van der Waals surface area contributed by atoms with Crippen molar-refractivity contribution < 1.29 is 9.47 Å². The molecule has 0 aliphatic carbocycles. The summed E-state index contributed by atoms with van der Waals surface area (Å²) in [4.78, 5) is 6.85. The van der Waals surface area contributed by atoms with Gasteiger partial charge in [-0.05, 0) is 104 Å². The molecule has 1 saturated heterocycles. The lowest BCUT2D eigenvalue weighted by atomic mass is 10.0. The van der Waals surface area contributed by atoms with E-state index in [1.807, 2.05) is 85.1 Å². The molecule has 0 spiro atoms. The molecular formula is C32H28N4O2S. The Morgan fingerprint density at radius 3 is 2.10 bits per heavy atom. The Morgan fingerprint density at radius 2 is 1.44 bits per heavy atom. The number of benzene rings is 3. The molecule has 0 radical (unpaired) electrons. The summed E-state index contributed by atoms with van der Waals surface area (Å²) in [6.07, 6.45) is 3.89. The number of nitrogens with one attached hydrogen (secondary N) is 1. The Morgan fingerprint density at radius 1 is 0.769 bits per heavy atom. The molecule has 2 aromatic heterocycles. The van der Waals surface area contributed by atoms with Crippen LogP contribution in [0, 0.1) is 6.92 Å². The second-order valence-electron chi connectivity index (χ2n) is 9.41. The molecule has 0 amide bonds. The molecule has 2 atom stereocenters.